The highest BCUT2D eigenvalue weighted by Crippen LogP contribution is 2.26. The Bertz CT molecular complexity index is 593. The SMILES string of the molecule is O=C(O)C=Cc1ccc(N2C(=O)CCCC2=O)c(F)c1. The lowest BCUT2D eigenvalue weighted by atomic mass is 10.1. The minimum absolute atomic E-state index is 0.0906. The fourth-order valence-corrected chi connectivity index (χ4v) is 2.00. The number of aliphatic carboxylic acids is 1. The van der Waals surface area contributed by atoms with Gasteiger partial charge in [0.2, 0.25) is 11.8 Å². The van der Waals surface area contributed by atoms with E-state index in [4.69, 9.17) is 5.11 Å². The number of amides is 2. The second-order valence-corrected chi connectivity index (χ2v) is 4.36. The normalized spacial score (nSPS) is 15.9. The zero-order valence-corrected chi connectivity index (χ0v) is 10.5. The molecule has 0 unspecified atom stereocenters. The van der Waals surface area contributed by atoms with Crippen molar-refractivity contribution >= 4 is 29.5 Å². The maximum atomic E-state index is 14.0. The summed E-state index contributed by atoms with van der Waals surface area (Å²) in [4.78, 5) is 34.6. The average Bonchev–Trinajstić information content (AvgIpc) is 2.38. The molecule has 1 aromatic carbocycles. The van der Waals surface area contributed by atoms with Gasteiger partial charge >= 0.3 is 5.97 Å². The summed E-state index contributed by atoms with van der Waals surface area (Å²) in [7, 11) is 0. The van der Waals surface area contributed by atoms with Crippen molar-refractivity contribution in [2.75, 3.05) is 4.90 Å². The fraction of sp³-hybridized carbons (Fsp3) is 0.214. The highest BCUT2D eigenvalue weighted by atomic mass is 19.1. The van der Waals surface area contributed by atoms with Gasteiger partial charge in [0.05, 0.1) is 5.69 Å². The third kappa shape index (κ3) is 2.90. The molecule has 2 rings (SSSR count). The number of anilines is 1. The first-order valence-corrected chi connectivity index (χ1v) is 6.05. The predicted octanol–water partition coefficient (Wildman–Crippen LogP) is 1.97. The van der Waals surface area contributed by atoms with Crippen LogP contribution in [0.5, 0.6) is 0 Å². The summed E-state index contributed by atoms with van der Waals surface area (Å²) < 4.78 is 14.0. The molecule has 0 aromatic heterocycles. The molecule has 1 heterocycles. The smallest absolute Gasteiger partial charge is 0.328 e. The summed E-state index contributed by atoms with van der Waals surface area (Å²) in [6.45, 7) is 0. The van der Waals surface area contributed by atoms with Crippen LogP contribution in [0.25, 0.3) is 6.08 Å². The molecule has 1 saturated heterocycles. The number of imide groups is 1. The molecule has 0 saturated carbocycles. The monoisotopic (exact) mass is 277 g/mol. The first-order chi connectivity index (χ1) is 9.49. The van der Waals surface area contributed by atoms with Crippen LogP contribution in [-0.4, -0.2) is 22.9 Å². The van der Waals surface area contributed by atoms with Crippen LogP contribution in [0.3, 0.4) is 0 Å². The van der Waals surface area contributed by atoms with Gasteiger partial charge in [0.25, 0.3) is 0 Å². The van der Waals surface area contributed by atoms with Crippen molar-refractivity contribution < 1.29 is 23.9 Å². The van der Waals surface area contributed by atoms with Crippen LogP contribution in [-0.2, 0) is 14.4 Å². The van der Waals surface area contributed by atoms with Crippen LogP contribution in [0, 0.1) is 5.82 Å². The van der Waals surface area contributed by atoms with Crippen LogP contribution in [0.15, 0.2) is 24.3 Å². The summed E-state index contributed by atoms with van der Waals surface area (Å²) in [5.74, 6) is -2.72. The molecule has 1 aliphatic rings. The second kappa shape index (κ2) is 5.64. The molecule has 0 atom stereocenters. The van der Waals surface area contributed by atoms with Crippen molar-refractivity contribution in [1.82, 2.24) is 0 Å². The second-order valence-electron chi connectivity index (χ2n) is 4.36. The van der Waals surface area contributed by atoms with Crippen molar-refractivity contribution in [1.29, 1.82) is 0 Å². The average molecular weight is 277 g/mol. The minimum atomic E-state index is -1.14. The molecule has 6 heteroatoms. The minimum Gasteiger partial charge on any atom is -0.478 e. The third-order valence-corrected chi connectivity index (χ3v) is 2.91. The van der Waals surface area contributed by atoms with Gasteiger partial charge in [0, 0.05) is 18.9 Å². The number of piperidine rings is 1. The van der Waals surface area contributed by atoms with Gasteiger partial charge in [-0.1, -0.05) is 6.07 Å². The van der Waals surface area contributed by atoms with E-state index in [2.05, 4.69) is 0 Å². The van der Waals surface area contributed by atoms with E-state index in [1.54, 1.807) is 0 Å². The van der Waals surface area contributed by atoms with Crippen molar-refractivity contribution in [3.63, 3.8) is 0 Å². The van der Waals surface area contributed by atoms with Crippen molar-refractivity contribution in [2.24, 2.45) is 0 Å². The molecular weight excluding hydrogens is 265 g/mol. The van der Waals surface area contributed by atoms with E-state index >= 15 is 0 Å². The first-order valence-electron chi connectivity index (χ1n) is 6.05. The maximum absolute atomic E-state index is 14.0. The van der Waals surface area contributed by atoms with Gasteiger partial charge < -0.3 is 5.11 Å². The molecular formula is C14H12FNO4. The maximum Gasteiger partial charge on any atom is 0.328 e. The van der Waals surface area contributed by atoms with E-state index in [0.717, 1.165) is 17.0 Å². The Kier molecular flexibility index (Phi) is 3.93. The quantitative estimate of drug-likeness (QED) is 0.677. The highest BCUT2D eigenvalue weighted by Gasteiger charge is 2.29. The molecule has 0 aliphatic carbocycles. The van der Waals surface area contributed by atoms with Crippen LogP contribution >= 0.6 is 0 Å². The molecule has 0 radical (unpaired) electrons. The Morgan fingerprint density at radius 3 is 2.45 bits per heavy atom. The van der Waals surface area contributed by atoms with Gasteiger partial charge in [-0.3, -0.25) is 9.59 Å². The first kappa shape index (κ1) is 13.9. The number of rotatable bonds is 3. The topological polar surface area (TPSA) is 74.7 Å². The van der Waals surface area contributed by atoms with E-state index in [-0.39, 0.29) is 18.5 Å². The Balaban J connectivity index is 2.31. The van der Waals surface area contributed by atoms with Crippen LogP contribution in [0.4, 0.5) is 10.1 Å². The van der Waals surface area contributed by atoms with Crippen LogP contribution in [0.1, 0.15) is 24.8 Å². The van der Waals surface area contributed by atoms with E-state index in [1.165, 1.54) is 18.2 Å². The van der Waals surface area contributed by atoms with Gasteiger partial charge in [0.1, 0.15) is 5.82 Å². The van der Waals surface area contributed by atoms with E-state index in [1.807, 2.05) is 0 Å². The molecule has 1 aliphatic heterocycles. The lowest BCUT2D eigenvalue weighted by Crippen LogP contribution is -2.40. The summed E-state index contributed by atoms with van der Waals surface area (Å²) in [6, 6.07) is 3.84. The van der Waals surface area contributed by atoms with Gasteiger partial charge in [-0.05, 0) is 30.2 Å². The summed E-state index contributed by atoms with van der Waals surface area (Å²) in [6.07, 6.45) is 3.02. The highest BCUT2D eigenvalue weighted by molar-refractivity contribution is 6.16. The largest absolute Gasteiger partial charge is 0.478 e. The zero-order chi connectivity index (χ0) is 14.7. The number of hydrogen-bond acceptors (Lipinski definition) is 3. The number of carbonyl (C=O) groups excluding carboxylic acids is 2. The number of carbonyl (C=O) groups is 3. The van der Waals surface area contributed by atoms with Gasteiger partial charge in [-0.2, -0.15) is 0 Å². The summed E-state index contributed by atoms with van der Waals surface area (Å²) in [5, 5.41) is 8.49. The van der Waals surface area contributed by atoms with Gasteiger partial charge in [-0.25, -0.2) is 14.1 Å². The zero-order valence-electron chi connectivity index (χ0n) is 10.5. The predicted molar refractivity (Wildman–Crippen MR) is 69.4 cm³/mol. The fourth-order valence-electron chi connectivity index (χ4n) is 2.00. The van der Waals surface area contributed by atoms with Gasteiger partial charge in [0.15, 0.2) is 0 Å². The summed E-state index contributed by atoms with van der Waals surface area (Å²) >= 11 is 0. The van der Waals surface area contributed by atoms with Crippen molar-refractivity contribution in [3.05, 3.63) is 35.7 Å². The number of halogens is 1. The molecule has 5 nitrogen and oxygen atoms in total. The molecule has 2 amide bonds. The standard InChI is InChI=1S/C14H12FNO4/c15-10-8-9(5-7-14(19)20)4-6-11(10)16-12(17)2-1-3-13(16)18/h4-8H,1-3H2,(H,19,20). The third-order valence-electron chi connectivity index (χ3n) is 2.91. The molecule has 104 valence electrons. The van der Waals surface area contributed by atoms with Crippen LogP contribution < -0.4 is 4.90 Å². The number of benzene rings is 1. The lowest BCUT2D eigenvalue weighted by molar-refractivity contribution is -0.131. The number of nitrogens with zero attached hydrogens (tertiary/aromatic N) is 1. The van der Waals surface area contributed by atoms with E-state index < -0.39 is 23.6 Å². The Labute approximate surface area is 114 Å². The van der Waals surface area contributed by atoms with Crippen molar-refractivity contribution in [3.8, 4) is 0 Å². The van der Waals surface area contributed by atoms with Crippen molar-refractivity contribution in [2.45, 2.75) is 19.3 Å². The van der Waals surface area contributed by atoms with E-state index in [0.29, 0.717) is 12.0 Å². The Morgan fingerprint density at radius 1 is 1.25 bits per heavy atom. The molecule has 0 bridgehead atoms. The summed E-state index contributed by atoms with van der Waals surface area (Å²) in [5.41, 5.74) is 0.248. The molecule has 20 heavy (non-hydrogen) atoms. The number of carboxylic acid groups (broad SMARTS) is 1. The molecule has 0 spiro atoms. The number of carboxylic acids is 1. The van der Waals surface area contributed by atoms with Gasteiger partial charge in [-0.15, -0.1) is 0 Å². The molecule has 1 fully saturated rings. The molecule has 1 aromatic rings. The Hall–Kier alpha value is -2.50. The number of hydrogen-bond donors (Lipinski definition) is 1. The van der Waals surface area contributed by atoms with E-state index in [9.17, 15) is 18.8 Å². The Morgan fingerprint density at radius 2 is 1.90 bits per heavy atom. The lowest BCUT2D eigenvalue weighted by Gasteiger charge is -2.25. The van der Waals surface area contributed by atoms with Crippen LogP contribution in [0.2, 0.25) is 0 Å². The molecule has 1 N–H and O–H groups in total.